The maximum Gasteiger partial charge on any atom is 0.287 e. The molecule has 0 spiro atoms. The minimum atomic E-state index is -4.34. The summed E-state index contributed by atoms with van der Waals surface area (Å²) in [5, 5.41) is 15.7. The Morgan fingerprint density at radius 3 is 2.66 bits per heavy atom. The van der Waals surface area contributed by atoms with E-state index in [2.05, 4.69) is 9.71 Å². The molecule has 5 rings (SSSR count). The second-order valence-electron chi connectivity index (χ2n) is 9.73. The zero-order valence-corrected chi connectivity index (χ0v) is 22.7. The molecule has 1 aromatic carbocycles. The smallest absolute Gasteiger partial charge is 0.287 e. The molecule has 3 heterocycles. The summed E-state index contributed by atoms with van der Waals surface area (Å²) in [5.41, 5.74) is 0.0719. The van der Waals surface area contributed by atoms with E-state index in [1.807, 2.05) is 0 Å². The molecule has 38 heavy (non-hydrogen) atoms. The molecule has 3 aliphatic rings. The van der Waals surface area contributed by atoms with E-state index in [4.69, 9.17) is 0 Å². The minimum absolute atomic E-state index is 0.0237. The van der Waals surface area contributed by atoms with E-state index in [0.717, 1.165) is 42.6 Å². The van der Waals surface area contributed by atoms with Crippen LogP contribution in [0.1, 0.15) is 36.8 Å². The molecule has 2 atom stereocenters. The van der Waals surface area contributed by atoms with Crippen molar-refractivity contribution in [3.05, 3.63) is 57.7 Å². The molecule has 2 aromatic rings. The first kappa shape index (κ1) is 26.8. The number of hydrogen-bond acceptors (Lipinski definition) is 8. The van der Waals surface area contributed by atoms with Crippen LogP contribution in [0, 0.1) is 17.6 Å². The number of anilines is 1. The van der Waals surface area contributed by atoms with Crippen molar-refractivity contribution in [3.63, 3.8) is 0 Å². The van der Waals surface area contributed by atoms with Crippen LogP contribution in [-0.2, 0) is 37.6 Å². The third-order valence-corrected chi connectivity index (χ3v) is 10.5. The molecule has 1 fully saturated rings. The number of sulfonamides is 1. The number of rotatable bonds is 6. The molecule has 204 valence electrons. The van der Waals surface area contributed by atoms with Crippen LogP contribution in [0.5, 0.6) is 0 Å². The van der Waals surface area contributed by atoms with Gasteiger partial charge in [-0.1, -0.05) is 18.9 Å². The molecule has 1 aromatic heterocycles. The lowest BCUT2D eigenvalue weighted by Crippen LogP contribution is -2.52. The molecule has 2 aliphatic heterocycles. The van der Waals surface area contributed by atoms with E-state index in [0.29, 0.717) is 18.4 Å². The van der Waals surface area contributed by atoms with E-state index in [1.54, 1.807) is 0 Å². The Hall–Kier alpha value is -2.84. The van der Waals surface area contributed by atoms with Crippen molar-refractivity contribution >= 4 is 47.9 Å². The number of amides is 1. The number of fused-ring (bicyclic) bond motifs is 2. The van der Waals surface area contributed by atoms with Crippen LogP contribution >= 0.6 is 11.3 Å². The van der Waals surface area contributed by atoms with Crippen LogP contribution in [0.2, 0.25) is 0 Å². The number of sulfone groups is 1. The summed E-state index contributed by atoms with van der Waals surface area (Å²) < 4.78 is 81.3. The van der Waals surface area contributed by atoms with Gasteiger partial charge in [-0.2, -0.15) is 8.42 Å². The molecule has 0 saturated heterocycles. The molecule has 0 radical (unpaired) electrons. The van der Waals surface area contributed by atoms with E-state index in [-0.39, 0.29) is 51.3 Å². The van der Waals surface area contributed by atoms with Crippen LogP contribution in [0.3, 0.4) is 0 Å². The van der Waals surface area contributed by atoms with E-state index < -0.39 is 49.4 Å². The molecule has 14 heteroatoms. The highest BCUT2D eigenvalue weighted by atomic mass is 32.2. The molecule has 2 N–H and O–H groups in total. The van der Waals surface area contributed by atoms with Gasteiger partial charge in [-0.25, -0.2) is 17.2 Å². The van der Waals surface area contributed by atoms with Gasteiger partial charge in [-0.15, -0.1) is 15.7 Å². The van der Waals surface area contributed by atoms with Gasteiger partial charge in [0.05, 0.1) is 5.75 Å². The SMILES string of the molecule is CS(=O)(=O)CCc1csc2c1S(=O)(=O)N=C(C1=C(O)C3CCCCC3N(Cc3ccc(F)cc3F)C1=O)N2. The highest BCUT2D eigenvalue weighted by Gasteiger charge is 2.46. The summed E-state index contributed by atoms with van der Waals surface area (Å²) in [6, 6.07) is 2.64. The van der Waals surface area contributed by atoms with Crippen molar-refractivity contribution in [3.8, 4) is 0 Å². The number of amidine groups is 1. The Morgan fingerprint density at radius 2 is 1.95 bits per heavy atom. The van der Waals surface area contributed by atoms with Gasteiger partial charge in [0, 0.05) is 36.4 Å². The Kier molecular flexibility index (Phi) is 6.84. The van der Waals surface area contributed by atoms with Crippen molar-refractivity contribution in [2.24, 2.45) is 10.3 Å². The number of nitrogens with zero attached hydrogens (tertiary/aromatic N) is 2. The van der Waals surface area contributed by atoms with Gasteiger partial charge >= 0.3 is 0 Å². The summed E-state index contributed by atoms with van der Waals surface area (Å²) >= 11 is 1.02. The number of hydrogen-bond donors (Lipinski definition) is 2. The monoisotopic (exact) mass is 585 g/mol. The first-order valence-corrected chi connectivity index (χ1v) is 16.3. The molecular formula is C24H25F2N3O6S3. The van der Waals surface area contributed by atoms with Crippen molar-refractivity contribution < 1.29 is 35.5 Å². The highest BCUT2D eigenvalue weighted by Crippen LogP contribution is 2.42. The summed E-state index contributed by atoms with van der Waals surface area (Å²) in [4.78, 5) is 15.0. The predicted octanol–water partition coefficient (Wildman–Crippen LogP) is 3.54. The second-order valence-corrected chi connectivity index (χ2v) is 14.4. The molecule has 9 nitrogen and oxygen atoms in total. The summed E-state index contributed by atoms with van der Waals surface area (Å²) in [5.74, 6) is -3.63. The number of aliphatic hydroxyl groups is 1. The standard InChI is InChI=1S/C24H25F2N3O6S3/c1-37(32,33)9-8-14-12-36-23-21(14)38(34,35)28-22(27-23)19-20(30)16-4-2-3-5-18(16)29(24(19)31)11-13-6-7-15(25)10-17(13)26/h6-7,10,12,16,18,30H,2-5,8-9,11H2,1H3,(H,27,28). The van der Waals surface area contributed by atoms with Crippen molar-refractivity contribution in [2.75, 3.05) is 17.3 Å². The van der Waals surface area contributed by atoms with E-state index in [1.165, 1.54) is 16.3 Å². The average Bonchev–Trinajstić information content (AvgIpc) is 3.25. The lowest BCUT2D eigenvalue weighted by atomic mass is 9.78. The van der Waals surface area contributed by atoms with Gasteiger partial charge in [-0.3, -0.25) is 4.79 Å². The van der Waals surface area contributed by atoms with Crippen molar-refractivity contribution in [1.29, 1.82) is 0 Å². The average molecular weight is 586 g/mol. The maximum absolute atomic E-state index is 14.5. The summed E-state index contributed by atoms with van der Waals surface area (Å²) in [7, 11) is -7.68. The van der Waals surface area contributed by atoms with Crippen LogP contribution in [0.4, 0.5) is 13.8 Å². The lowest BCUT2D eigenvalue weighted by Gasteiger charge is -2.44. The normalized spacial score (nSPS) is 23.0. The van der Waals surface area contributed by atoms with Crippen LogP contribution < -0.4 is 5.32 Å². The zero-order valence-electron chi connectivity index (χ0n) is 20.3. The van der Waals surface area contributed by atoms with Gasteiger partial charge in [0.25, 0.3) is 15.9 Å². The lowest BCUT2D eigenvalue weighted by molar-refractivity contribution is -0.133. The largest absolute Gasteiger partial charge is 0.511 e. The number of nitrogens with one attached hydrogen (secondary N) is 1. The first-order valence-electron chi connectivity index (χ1n) is 11.9. The van der Waals surface area contributed by atoms with E-state index >= 15 is 0 Å². The molecule has 1 saturated carbocycles. The van der Waals surface area contributed by atoms with E-state index in [9.17, 15) is 35.5 Å². The molecule has 1 aliphatic carbocycles. The third-order valence-electron chi connectivity index (χ3n) is 7.06. The van der Waals surface area contributed by atoms with Gasteiger partial charge in [0.15, 0.2) is 5.84 Å². The molecule has 0 bridgehead atoms. The van der Waals surface area contributed by atoms with Crippen LogP contribution in [0.25, 0.3) is 0 Å². The fraction of sp³-hybridized carbons (Fsp3) is 0.417. The molecule has 1 amide bonds. The molecule has 2 unspecified atom stereocenters. The number of aryl methyl sites for hydroxylation is 1. The number of aliphatic hydroxyl groups excluding tert-OH is 1. The van der Waals surface area contributed by atoms with Crippen molar-refractivity contribution in [2.45, 2.75) is 49.6 Å². The second kappa shape index (κ2) is 9.72. The molecular weight excluding hydrogens is 560 g/mol. The number of thiophene rings is 1. The number of halogens is 2. The summed E-state index contributed by atoms with van der Waals surface area (Å²) in [6.45, 7) is -0.192. The Bertz CT molecular complexity index is 1600. The number of carbonyl (C=O) groups is 1. The van der Waals surface area contributed by atoms with Crippen LogP contribution in [-0.4, -0.2) is 56.6 Å². The number of benzene rings is 1. The zero-order chi connectivity index (χ0) is 27.4. The highest BCUT2D eigenvalue weighted by molar-refractivity contribution is 7.91. The Morgan fingerprint density at radius 1 is 1.21 bits per heavy atom. The van der Waals surface area contributed by atoms with Gasteiger partial charge in [-0.05, 0) is 36.3 Å². The maximum atomic E-state index is 14.5. The topological polar surface area (TPSA) is 133 Å². The minimum Gasteiger partial charge on any atom is -0.511 e. The number of carbonyl (C=O) groups excluding carboxylic acids is 1. The fourth-order valence-electron chi connectivity index (χ4n) is 5.26. The third kappa shape index (κ3) is 4.96. The first-order chi connectivity index (χ1) is 17.9. The Labute approximate surface area is 222 Å². The quantitative estimate of drug-likeness (QED) is 0.530. The summed E-state index contributed by atoms with van der Waals surface area (Å²) in [6.07, 6.45) is 3.71. The fourth-order valence-corrected chi connectivity index (χ4v) is 8.52. The Balaban J connectivity index is 1.53. The van der Waals surface area contributed by atoms with Gasteiger partial charge < -0.3 is 15.3 Å². The van der Waals surface area contributed by atoms with Gasteiger partial charge in [0.2, 0.25) is 0 Å². The predicted molar refractivity (Wildman–Crippen MR) is 138 cm³/mol. The van der Waals surface area contributed by atoms with Crippen molar-refractivity contribution in [1.82, 2.24) is 4.90 Å². The van der Waals surface area contributed by atoms with Gasteiger partial charge in [0.1, 0.15) is 42.7 Å². The van der Waals surface area contributed by atoms with Crippen LogP contribution in [0.15, 0.2) is 44.2 Å².